The van der Waals surface area contributed by atoms with Crippen molar-refractivity contribution in [3.8, 4) is 0 Å². The van der Waals surface area contributed by atoms with Crippen LogP contribution in [-0.4, -0.2) is 22.0 Å². The number of thiocarbonyl (C=S) groups is 1. The molecular weight excluding hydrogens is 292 g/mol. The average molecular weight is 303 g/mol. The van der Waals surface area contributed by atoms with E-state index in [1.54, 1.807) is 12.3 Å². The third-order valence-corrected chi connectivity index (χ3v) is 2.77. The van der Waals surface area contributed by atoms with E-state index in [9.17, 15) is 4.79 Å². The molecule has 1 heterocycles. The minimum absolute atomic E-state index is 0.259. The third kappa shape index (κ3) is 3.21. The summed E-state index contributed by atoms with van der Waals surface area (Å²) in [6.45, 7) is 0. The number of aromatic nitrogens is 1. The van der Waals surface area contributed by atoms with E-state index >= 15 is 0 Å². The summed E-state index contributed by atoms with van der Waals surface area (Å²) in [5.41, 5.74) is 5.61. The fraction of sp³-hybridized carbons (Fsp3) is 0.333. The lowest BCUT2D eigenvalue weighted by Gasteiger charge is -2.09. The van der Waals surface area contributed by atoms with Crippen molar-refractivity contribution in [2.45, 2.75) is 18.9 Å². The monoisotopic (exact) mass is 302 g/mol. The van der Waals surface area contributed by atoms with Gasteiger partial charge < -0.3 is 10.3 Å². The summed E-state index contributed by atoms with van der Waals surface area (Å²) in [6, 6.07) is 2.16. The van der Waals surface area contributed by atoms with Crippen LogP contribution in [-0.2, 0) is 0 Å². The molecule has 1 aliphatic rings. The van der Waals surface area contributed by atoms with Gasteiger partial charge in [0.15, 0.2) is 5.11 Å². The van der Waals surface area contributed by atoms with Crippen molar-refractivity contribution in [3.63, 3.8) is 0 Å². The Labute approximate surface area is 106 Å². The number of halogens is 1. The van der Waals surface area contributed by atoms with Crippen LogP contribution < -0.4 is 16.2 Å². The lowest BCUT2D eigenvalue weighted by atomic mass is 10.4. The van der Waals surface area contributed by atoms with Crippen molar-refractivity contribution in [2.75, 3.05) is 0 Å². The summed E-state index contributed by atoms with van der Waals surface area (Å²) in [5, 5.41) is 3.50. The van der Waals surface area contributed by atoms with Gasteiger partial charge in [-0.05, 0) is 47.1 Å². The van der Waals surface area contributed by atoms with Crippen molar-refractivity contribution in [3.05, 3.63) is 22.4 Å². The lowest BCUT2D eigenvalue weighted by molar-refractivity contribution is 0.0939. The molecule has 0 aromatic carbocycles. The summed E-state index contributed by atoms with van der Waals surface area (Å²) in [6.07, 6.45) is 3.97. The minimum Gasteiger partial charge on any atom is -0.359 e. The van der Waals surface area contributed by atoms with E-state index in [1.165, 1.54) is 0 Å². The summed E-state index contributed by atoms with van der Waals surface area (Å²) >= 11 is 8.24. The minimum atomic E-state index is -0.259. The topological polar surface area (TPSA) is 69.0 Å². The molecular formula is C9H11BrN4OS. The zero-order valence-electron chi connectivity index (χ0n) is 8.34. The molecule has 0 atom stereocenters. The number of hydrogen-bond donors (Lipinski definition) is 4. The van der Waals surface area contributed by atoms with Gasteiger partial charge in [-0.1, -0.05) is 0 Å². The first-order valence-corrected chi connectivity index (χ1v) is 6.06. The molecule has 0 bridgehead atoms. The maximum absolute atomic E-state index is 11.6. The fourth-order valence-corrected chi connectivity index (χ4v) is 1.69. The Morgan fingerprint density at radius 3 is 2.81 bits per heavy atom. The van der Waals surface area contributed by atoms with Crippen LogP contribution in [0.3, 0.4) is 0 Å². The Morgan fingerprint density at radius 1 is 1.50 bits per heavy atom. The smallest absolute Gasteiger partial charge is 0.286 e. The number of amides is 1. The summed E-state index contributed by atoms with van der Waals surface area (Å²) in [7, 11) is 0. The van der Waals surface area contributed by atoms with Crippen LogP contribution in [0.4, 0.5) is 0 Å². The zero-order chi connectivity index (χ0) is 11.5. The van der Waals surface area contributed by atoms with Gasteiger partial charge in [-0.3, -0.25) is 15.6 Å². The first kappa shape index (κ1) is 11.4. The zero-order valence-corrected chi connectivity index (χ0v) is 10.7. The second kappa shape index (κ2) is 4.84. The highest BCUT2D eigenvalue weighted by Gasteiger charge is 2.21. The Bertz CT molecular complexity index is 415. The number of hydrogen-bond acceptors (Lipinski definition) is 2. The number of aromatic amines is 1. The molecule has 7 heteroatoms. The van der Waals surface area contributed by atoms with Crippen molar-refractivity contribution >= 4 is 39.2 Å². The quantitative estimate of drug-likeness (QED) is 0.487. The third-order valence-electron chi connectivity index (χ3n) is 2.09. The highest BCUT2D eigenvalue weighted by Crippen LogP contribution is 2.18. The number of carbonyl (C=O) groups excluding carboxylic acids is 1. The predicted octanol–water partition coefficient (Wildman–Crippen LogP) is 1.05. The van der Waals surface area contributed by atoms with E-state index in [4.69, 9.17) is 12.2 Å². The molecule has 1 aromatic heterocycles. The first-order chi connectivity index (χ1) is 7.65. The van der Waals surface area contributed by atoms with E-state index in [1.807, 2.05) is 0 Å². The molecule has 5 nitrogen and oxygen atoms in total. The molecule has 0 saturated heterocycles. The maximum atomic E-state index is 11.6. The molecule has 0 radical (unpaired) electrons. The summed E-state index contributed by atoms with van der Waals surface area (Å²) in [4.78, 5) is 14.4. The SMILES string of the molecule is O=C(NNC(=S)NC1CC1)c1cc(Br)c[nH]1. The van der Waals surface area contributed by atoms with Crippen molar-refractivity contribution in [1.29, 1.82) is 0 Å². The van der Waals surface area contributed by atoms with Crippen molar-refractivity contribution < 1.29 is 4.79 Å². The fourth-order valence-electron chi connectivity index (χ4n) is 1.13. The molecule has 1 aromatic rings. The van der Waals surface area contributed by atoms with Gasteiger partial charge in [-0.2, -0.15) is 0 Å². The van der Waals surface area contributed by atoms with Gasteiger partial charge in [0.05, 0.1) is 0 Å². The largest absolute Gasteiger partial charge is 0.359 e. The average Bonchev–Trinajstić information content (AvgIpc) is 2.95. The van der Waals surface area contributed by atoms with Crippen molar-refractivity contribution in [1.82, 2.24) is 21.2 Å². The molecule has 16 heavy (non-hydrogen) atoms. The molecule has 1 saturated carbocycles. The van der Waals surface area contributed by atoms with Crippen LogP contribution in [0.5, 0.6) is 0 Å². The molecule has 2 rings (SSSR count). The molecule has 86 valence electrons. The van der Waals surface area contributed by atoms with Crippen LogP contribution in [0, 0.1) is 0 Å². The summed E-state index contributed by atoms with van der Waals surface area (Å²) < 4.78 is 0.830. The Hall–Kier alpha value is -1.08. The molecule has 1 fully saturated rings. The normalized spacial score (nSPS) is 14.3. The first-order valence-electron chi connectivity index (χ1n) is 4.86. The van der Waals surface area contributed by atoms with Gasteiger partial charge in [-0.25, -0.2) is 0 Å². The second-order valence-electron chi connectivity index (χ2n) is 3.56. The van der Waals surface area contributed by atoms with E-state index in [2.05, 4.69) is 37.1 Å². The number of H-pyrrole nitrogens is 1. The van der Waals surface area contributed by atoms with E-state index < -0.39 is 0 Å². The van der Waals surface area contributed by atoms with Gasteiger partial charge in [0.25, 0.3) is 5.91 Å². The Morgan fingerprint density at radius 2 is 2.25 bits per heavy atom. The standard InChI is InChI=1S/C9H11BrN4OS/c10-5-3-7(11-4-5)8(15)13-14-9(16)12-6-1-2-6/h3-4,6,11H,1-2H2,(H,13,15)(H2,12,14,16). The Balaban J connectivity index is 1.76. The number of carbonyl (C=O) groups is 1. The summed E-state index contributed by atoms with van der Waals surface area (Å²) in [5.74, 6) is -0.259. The predicted molar refractivity (Wildman–Crippen MR) is 67.9 cm³/mol. The number of rotatable bonds is 2. The molecule has 0 spiro atoms. The lowest BCUT2D eigenvalue weighted by Crippen LogP contribution is -2.47. The molecule has 0 unspecified atom stereocenters. The highest BCUT2D eigenvalue weighted by molar-refractivity contribution is 9.10. The van der Waals surface area contributed by atoms with Crippen LogP contribution in [0.25, 0.3) is 0 Å². The van der Waals surface area contributed by atoms with E-state index in [0.717, 1.165) is 17.3 Å². The van der Waals surface area contributed by atoms with E-state index in [-0.39, 0.29) is 5.91 Å². The van der Waals surface area contributed by atoms with Gasteiger partial charge in [-0.15, -0.1) is 0 Å². The second-order valence-corrected chi connectivity index (χ2v) is 4.88. The highest BCUT2D eigenvalue weighted by atomic mass is 79.9. The van der Waals surface area contributed by atoms with Gasteiger partial charge in [0.1, 0.15) is 5.69 Å². The Kier molecular flexibility index (Phi) is 3.45. The van der Waals surface area contributed by atoms with Crippen LogP contribution in [0.15, 0.2) is 16.7 Å². The van der Waals surface area contributed by atoms with Gasteiger partial charge in [0, 0.05) is 16.7 Å². The van der Waals surface area contributed by atoms with Crippen LogP contribution in [0.1, 0.15) is 23.3 Å². The maximum Gasteiger partial charge on any atom is 0.286 e. The van der Waals surface area contributed by atoms with Crippen molar-refractivity contribution in [2.24, 2.45) is 0 Å². The van der Waals surface area contributed by atoms with Gasteiger partial charge in [0.2, 0.25) is 0 Å². The molecule has 1 amide bonds. The van der Waals surface area contributed by atoms with Crippen LogP contribution >= 0.6 is 28.1 Å². The van der Waals surface area contributed by atoms with Crippen LogP contribution in [0.2, 0.25) is 0 Å². The van der Waals surface area contributed by atoms with E-state index in [0.29, 0.717) is 16.8 Å². The number of hydrazine groups is 1. The number of nitrogens with one attached hydrogen (secondary N) is 4. The molecule has 0 aliphatic heterocycles. The van der Waals surface area contributed by atoms with Gasteiger partial charge >= 0.3 is 0 Å². The molecule has 1 aliphatic carbocycles. The molecule has 4 N–H and O–H groups in total.